The number of hydrogen-bond donors (Lipinski definition) is 1. The summed E-state index contributed by atoms with van der Waals surface area (Å²) in [7, 11) is 0. The number of anilines is 1. The average Bonchev–Trinajstić information content (AvgIpc) is 2.34. The van der Waals surface area contributed by atoms with E-state index < -0.39 is 0 Å². The molecule has 0 unspecified atom stereocenters. The molecule has 106 valence electrons. The van der Waals surface area contributed by atoms with Crippen molar-refractivity contribution in [2.45, 2.75) is 37.6 Å². The maximum Gasteiger partial charge on any atom is 0.194 e. The molecule has 0 fully saturated rings. The molecule has 7 heteroatoms. The molecular formula is C13H17N5OS. The lowest BCUT2D eigenvalue weighted by atomic mass is 10.4. The van der Waals surface area contributed by atoms with Gasteiger partial charge in [0, 0.05) is 24.1 Å². The molecule has 0 aliphatic carbocycles. The Balaban J connectivity index is 2.21. The maximum absolute atomic E-state index is 5.78. The van der Waals surface area contributed by atoms with Gasteiger partial charge in [0.2, 0.25) is 0 Å². The molecule has 2 aromatic rings. The van der Waals surface area contributed by atoms with Crippen LogP contribution in [0.3, 0.4) is 0 Å². The van der Waals surface area contributed by atoms with E-state index in [1.54, 1.807) is 6.07 Å². The van der Waals surface area contributed by atoms with Gasteiger partial charge in [-0.25, -0.2) is 19.9 Å². The van der Waals surface area contributed by atoms with Crippen molar-refractivity contribution in [3.05, 3.63) is 29.3 Å². The van der Waals surface area contributed by atoms with E-state index in [1.165, 1.54) is 11.8 Å². The normalized spacial score (nSPS) is 10.8. The molecule has 0 aromatic carbocycles. The summed E-state index contributed by atoms with van der Waals surface area (Å²) in [5, 5.41) is 1.38. The minimum absolute atomic E-state index is 0.350. The molecule has 0 amide bonds. The first-order valence-electron chi connectivity index (χ1n) is 6.28. The summed E-state index contributed by atoms with van der Waals surface area (Å²) >= 11 is 1.37. The molecule has 0 bridgehead atoms. The summed E-state index contributed by atoms with van der Waals surface area (Å²) in [4.78, 5) is 17.3. The van der Waals surface area contributed by atoms with E-state index in [-0.39, 0.29) is 0 Å². The minimum atomic E-state index is 0.350. The van der Waals surface area contributed by atoms with Gasteiger partial charge in [-0.3, -0.25) is 0 Å². The largest absolute Gasteiger partial charge is 0.384 e. The fourth-order valence-corrected chi connectivity index (χ4v) is 2.53. The van der Waals surface area contributed by atoms with Crippen LogP contribution in [0, 0.1) is 13.8 Å². The van der Waals surface area contributed by atoms with Gasteiger partial charge in [-0.15, -0.1) is 0 Å². The van der Waals surface area contributed by atoms with E-state index in [0.717, 1.165) is 16.4 Å². The summed E-state index contributed by atoms with van der Waals surface area (Å²) < 4.78 is 5.30. The summed E-state index contributed by atoms with van der Waals surface area (Å²) in [5.41, 5.74) is 7.64. The number of rotatable bonds is 5. The second kappa shape index (κ2) is 6.62. The third-order valence-electron chi connectivity index (χ3n) is 2.36. The molecule has 20 heavy (non-hydrogen) atoms. The van der Waals surface area contributed by atoms with Crippen LogP contribution >= 0.6 is 11.8 Å². The quantitative estimate of drug-likeness (QED) is 0.667. The van der Waals surface area contributed by atoms with Gasteiger partial charge in [-0.1, -0.05) is 0 Å². The van der Waals surface area contributed by atoms with Crippen LogP contribution in [-0.2, 0) is 11.3 Å². The van der Waals surface area contributed by atoms with Crippen molar-refractivity contribution in [1.82, 2.24) is 19.9 Å². The Morgan fingerprint density at radius 2 is 1.80 bits per heavy atom. The Hall–Kier alpha value is -1.73. The highest BCUT2D eigenvalue weighted by Gasteiger charge is 2.07. The van der Waals surface area contributed by atoms with Crippen LogP contribution in [0.1, 0.15) is 24.1 Å². The van der Waals surface area contributed by atoms with Crippen LogP contribution in [0.25, 0.3) is 0 Å². The van der Waals surface area contributed by atoms with Crippen molar-refractivity contribution in [2.75, 3.05) is 12.3 Å². The molecule has 2 aromatic heterocycles. The Bertz CT molecular complexity index is 585. The number of hydrogen-bond acceptors (Lipinski definition) is 7. The average molecular weight is 291 g/mol. The van der Waals surface area contributed by atoms with Gasteiger partial charge in [0.15, 0.2) is 11.0 Å². The number of nitrogens with two attached hydrogens (primary N) is 1. The fourth-order valence-electron chi connectivity index (χ4n) is 1.64. The standard InChI is InChI=1S/C13H17N5OS/c1-4-19-7-11-17-10(14)6-12(18-11)20-13-15-8(2)5-9(3)16-13/h5-6H,4,7H2,1-3H3,(H2,14,17,18). The van der Waals surface area contributed by atoms with E-state index in [1.807, 2.05) is 26.8 Å². The topological polar surface area (TPSA) is 86.8 Å². The highest BCUT2D eigenvalue weighted by molar-refractivity contribution is 7.99. The van der Waals surface area contributed by atoms with Crippen molar-refractivity contribution < 1.29 is 4.74 Å². The van der Waals surface area contributed by atoms with Crippen LogP contribution in [-0.4, -0.2) is 26.5 Å². The Kier molecular flexibility index (Phi) is 4.86. The number of aryl methyl sites for hydroxylation is 2. The zero-order valence-electron chi connectivity index (χ0n) is 11.8. The third-order valence-corrected chi connectivity index (χ3v) is 3.15. The van der Waals surface area contributed by atoms with Gasteiger partial charge in [0.1, 0.15) is 17.5 Å². The van der Waals surface area contributed by atoms with Crippen molar-refractivity contribution in [2.24, 2.45) is 0 Å². The van der Waals surface area contributed by atoms with Gasteiger partial charge >= 0.3 is 0 Å². The zero-order chi connectivity index (χ0) is 14.5. The van der Waals surface area contributed by atoms with Crippen LogP contribution in [0.4, 0.5) is 5.82 Å². The predicted molar refractivity (Wildman–Crippen MR) is 77.4 cm³/mol. The molecule has 0 saturated carbocycles. The summed E-state index contributed by atoms with van der Waals surface area (Å²) in [6.45, 7) is 6.76. The van der Waals surface area contributed by atoms with Crippen molar-refractivity contribution >= 4 is 17.6 Å². The van der Waals surface area contributed by atoms with Gasteiger partial charge in [0.25, 0.3) is 0 Å². The molecular weight excluding hydrogens is 274 g/mol. The molecule has 0 aliphatic heterocycles. The van der Waals surface area contributed by atoms with Crippen LogP contribution in [0.2, 0.25) is 0 Å². The van der Waals surface area contributed by atoms with E-state index in [2.05, 4.69) is 19.9 Å². The monoisotopic (exact) mass is 291 g/mol. The van der Waals surface area contributed by atoms with Crippen LogP contribution in [0.15, 0.2) is 22.3 Å². The Morgan fingerprint density at radius 3 is 2.45 bits per heavy atom. The highest BCUT2D eigenvalue weighted by atomic mass is 32.2. The zero-order valence-corrected chi connectivity index (χ0v) is 12.6. The van der Waals surface area contributed by atoms with Crippen molar-refractivity contribution in [3.8, 4) is 0 Å². The second-order valence-electron chi connectivity index (χ2n) is 4.22. The summed E-state index contributed by atoms with van der Waals surface area (Å²) in [6, 6.07) is 3.64. The summed E-state index contributed by atoms with van der Waals surface area (Å²) in [6.07, 6.45) is 0. The lowest BCUT2D eigenvalue weighted by Crippen LogP contribution is -2.03. The van der Waals surface area contributed by atoms with Crippen LogP contribution < -0.4 is 5.73 Å². The van der Waals surface area contributed by atoms with E-state index >= 15 is 0 Å². The number of aromatic nitrogens is 4. The maximum atomic E-state index is 5.78. The number of ether oxygens (including phenoxy) is 1. The molecule has 0 radical (unpaired) electrons. The molecule has 0 atom stereocenters. The molecule has 2 N–H and O–H groups in total. The van der Waals surface area contributed by atoms with E-state index in [9.17, 15) is 0 Å². The molecule has 0 aliphatic rings. The van der Waals surface area contributed by atoms with Gasteiger partial charge in [-0.2, -0.15) is 0 Å². The SMILES string of the molecule is CCOCc1nc(N)cc(Sc2nc(C)cc(C)n2)n1. The first-order valence-corrected chi connectivity index (χ1v) is 7.09. The molecule has 6 nitrogen and oxygen atoms in total. The number of nitrogens with zero attached hydrogens (tertiary/aromatic N) is 4. The minimum Gasteiger partial charge on any atom is -0.384 e. The first kappa shape index (κ1) is 14.7. The van der Waals surface area contributed by atoms with Crippen molar-refractivity contribution in [3.63, 3.8) is 0 Å². The molecule has 0 spiro atoms. The Morgan fingerprint density at radius 1 is 1.10 bits per heavy atom. The second-order valence-corrected chi connectivity index (χ2v) is 5.21. The highest BCUT2D eigenvalue weighted by Crippen LogP contribution is 2.24. The lowest BCUT2D eigenvalue weighted by molar-refractivity contribution is 0.128. The smallest absolute Gasteiger partial charge is 0.194 e. The fraction of sp³-hybridized carbons (Fsp3) is 0.385. The predicted octanol–water partition coefficient (Wildman–Crippen LogP) is 2.15. The Labute approximate surface area is 122 Å². The molecule has 0 saturated heterocycles. The number of nitrogen functional groups attached to an aromatic ring is 1. The van der Waals surface area contributed by atoms with Gasteiger partial charge in [-0.05, 0) is 38.6 Å². The first-order chi connectivity index (χ1) is 9.56. The van der Waals surface area contributed by atoms with Crippen LogP contribution in [0.5, 0.6) is 0 Å². The van der Waals surface area contributed by atoms with Gasteiger partial charge < -0.3 is 10.5 Å². The third kappa shape index (κ3) is 4.14. The van der Waals surface area contributed by atoms with E-state index in [4.69, 9.17) is 10.5 Å². The summed E-state index contributed by atoms with van der Waals surface area (Å²) in [5.74, 6) is 0.986. The van der Waals surface area contributed by atoms with Gasteiger partial charge in [0.05, 0.1) is 0 Å². The lowest BCUT2D eigenvalue weighted by Gasteiger charge is -2.06. The van der Waals surface area contributed by atoms with Crippen molar-refractivity contribution in [1.29, 1.82) is 0 Å². The molecule has 2 heterocycles. The molecule has 2 rings (SSSR count). The van der Waals surface area contributed by atoms with E-state index in [0.29, 0.717) is 30.0 Å².